The van der Waals surface area contributed by atoms with Crippen molar-refractivity contribution in [2.75, 3.05) is 13.9 Å². The van der Waals surface area contributed by atoms with Gasteiger partial charge in [-0.1, -0.05) is 6.07 Å². The van der Waals surface area contributed by atoms with Gasteiger partial charge in [0, 0.05) is 7.11 Å². The van der Waals surface area contributed by atoms with E-state index < -0.39 is 30.1 Å². The summed E-state index contributed by atoms with van der Waals surface area (Å²) in [4.78, 5) is 0. The molecule has 0 heterocycles. The van der Waals surface area contributed by atoms with E-state index in [0.717, 1.165) is 12.1 Å². The van der Waals surface area contributed by atoms with Crippen LogP contribution < -0.4 is 4.74 Å². The highest BCUT2D eigenvalue weighted by molar-refractivity contribution is 5.40. The van der Waals surface area contributed by atoms with Crippen LogP contribution in [-0.2, 0) is 10.9 Å². The predicted octanol–water partition coefficient (Wildman–Crippen LogP) is 3.14. The van der Waals surface area contributed by atoms with Crippen LogP contribution in [0, 0.1) is 12.7 Å². The Kier molecular flexibility index (Phi) is 3.74. The number of benzene rings is 1. The lowest BCUT2D eigenvalue weighted by atomic mass is 10.1. The van der Waals surface area contributed by atoms with Crippen LogP contribution in [0.25, 0.3) is 0 Å². The summed E-state index contributed by atoms with van der Waals surface area (Å²) in [6.45, 7) is 0.915. The van der Waals surface area contributed by atoms with Gasteiger partial charge >= 0.3 is 6.18 Å². The Morgan fingerprint density at radius 3 is 2.38 bits per heavy atom. The van der Waals surface area contributed by atoms with Gasteiger partial charge in [0.1, 0.15) is 5.56 Å². The molecule has 0 spiro atoms. The highest BCUT2D eigenvalue weighted by Gasteiger charge is 2.36. The maximum atomic E-state index is 13.4. The molecule has 0 aliphatic carbocycles. The molecule has 0 saturated heterocycles. The van der Waals surface area contributed by atoms with E-state index in [9.17, 15) is 17.6 Å². The smallest absolute Gasteiger partial charge is 0.420 e. The van der Waals surface area contributed by atoms with Crippen LogP contribution >= 0.6 is 0 Å². The quantitative estimate of drug-likeness (QED) is 0.595. The molecule has 0 unspecified atom stereocenters. The zero-order chi connectivity index (χ0) is 12.3. The maximum Gasteiger partial charge on any atom is 0.420 e. The minimum absolute atomic E-state index is 0.0825. The van der Waals surface area contributed by atoms with Gasteiger partial charge in [0.25, 0.3) is 0 Å². The van der Waals surface area contributed by atoms with Gasteiger partial charge in [-0.2, -0.15) is 13.2 Å². The van der Waals surface area contributed by atoms with E-state index in [-0.39, 0.29) is 5.56 Å². The Morgan fingerprint density at radius 1 is 1.25 bits per heavy atom. The van der Waals surface area contributed by atoms with Gasteiger partial charge in [0.15, 0.2) is 18.4 Å². The number of alkyl halides is 3. The number of halogens is 4. The first-order valence-electron chi connectivity index (χ1n) is 4.36. The van der Waals surface area contributed by atoms with Crippen molar-refractivity contribution in [2.45, 2.75) is 13.1 Å². The van der Waals surface area contributed by atoms with E-state index in [0.29, 0.717) is 0 Å². The third-order valence-corrected chi connectivity index (χ3v) is 1.92. The van der Waals surface area contributed by atoms with Crippen LogP contribution in [0.3, 0.4) is 0 Å². The number of hydrogen-bond acceptors (Lipinski definition) is 2. The molecule has 0 aliphatic heterocycles. The third-order valence-electron chi connectivity index (χ3n) is 1.92. The lowest BCUT2D eigenvalue weighted by Crippen LogP contribution is -2.12. The first-order chi connectivity index (χ1) is 7.38. The van der Waals surface area contributed by atoms with Gasteiger partial charge in [0.05, 0.1) is 0 Å². The average molecular weight is 238 g/mol. The molecule has 0 atom stereocenters. The van der Waals surface area contributed by atoms with Crippen LogP contribution in [0.15, 0.2) is 12.1 Å². The Hall–Kier alpha value is -1.30. The van der Waals surface area contributed by atoms with Crippen LogP contribution in [0.4, 0.5) is 17.6 Å². The minimum atomic E-state index is -4.66. The predicted molar refractivity (Wildman–Crippen MR) is 48.6 cm³/mol. The standard InChI is InChI=1S/C10H10F4O2/c1-6-3-4-7(10(12,13)14)9(8(6)11)16-5-15-2/h3-4H,5H2,1-2H3. The monoisotopic (exact) mass is 238 g/mol. The van der Waals surface area contributed by atoms with Gasteiger partial charge in [-0.15, -0.1) is 0 Å². The zero-order valence-electron chi connectivity index (χ0n) is 8.69. The van der Waals surface area contributed by atoms with E-state index in [2.05, 4.69) is 9.47 Å². The molecule has 0 radical (unpaired) electrons. The summed E-state index contributed by atoms with van der Waals surface area (Å²) in [6, 6.07) is 1.83. The van der Waals surface area contributed by atoms with Crippen molar-refractivity contribution in [3.05, 3.63) is 29.1 Å². The molecule has 0 aromatic heterocycles. The molecule has 16 heavy (non-hydrogen) atoms. The molecule has 0 amide bonds. The van der Waals surface area contributed by atoms with Gasteiger partial charge in [-0.3, -0.25) is 0 Å². The number of hydrogen-bond donors (Lipinski definition) is 0. The van der Waals surface area contributed by atoms with E-state index >= 15 is 0 Å². The molecular formula is C10H10F4O2. The van der Waals surface area contributed by atoms with Crippen molar-refractivity contribution < 1.29 is 27.0 Å². The molecular weight excluding hydrogens is 228 g/mol. The first-order valence-corrected chi connectivity index (χ1v) is 4.36. The van der Waals surface area contributed by atoms with E-state index in [4.69, 9.17) is 0 Å². The van der Waals surface area contributed by atoms with Crippen molar-refractivity contribution >= 4 is 0 Å². The van der Waals surface area contributed by atoms with Crippen molar-refractivity contribution in [2.24, 2.45) is 0 Å². The zero-order valence-corrected chi connectivity index (χ0v) is 8.69. The van der Waals surface area contributed by atoms with Gasteiger partial charge in [-0.25, -0.2) is 4.39 Å². The molecule has 6 heteroatoms. The van der Waals surface area contributed by atoms with Crippen molar-refractivity contribution in [1.82, 2.24) is 0 Å². The van der Waals surface area contributed by atoms with E-state index in [1.165, 1.54) is 14.0 Å². The summed E-state index contributed by atoms with van der Waals surface area (Å²) in [5.41, 5.74) is -1.06. The topological polar surface area (TPSA) is 18.5 Å². The van der Waals surface area contributed by atoms with Crippen LogP contribution in [0.1, 0.15) is 11.1 Å². The van der Waals surface area contributed by atoms with Crippen molar-refractivity contribution in [1.29, 1.82) is 0 Å². The highest BCUT2D eigenvalue weighted by atomic mass is 19.4. The fraction of sp³-hybridized carbons (Fsp3) is 0.400. The number of aryl methyl sites for hydroxylation is 1. The first kappa shape index (κ1) is 12.8. The summed E-state index contributed by atoms with van der Waals surface area (Å²) in [5.74, 6) is -1.85. The summed E-state index contributed by atoms with van der Waals surface area (Å²) in [7, 11) is 1.24. The third kappa shape index (κ3) is 2.63. The van der Waals surface area contributed by atoms with Gasteiger partial charge in [-0.05, 0) is 18.6 Å². The molecule has 1 aromatic carbocycles. The summed E-state index contributed by atoms with van der Waals surface area (Å²) in [6.07, 6.45) is -4.66. The Balaban J connectivity index is 3.22. The molecule has 1 aromatic rings. The number of rotatable bonds is 3. The van der Waals surface area contributed by atoms with Crippen LogP contribution in [0.2, 0.25) is 0 Å². The average Bonchev–Trinajstić information content (AvgIpc) is 2.18. The summed E-state index contributed by atoms with van der Waals surface area (Å²) >= 11 is 0. The second-order valence-electron chi connectivity index (χ2n) is 3.12. The van der Waals surface area contributed by atoms with Gasteiger partial charge in [0.2, 0.25) is 0 Å². The number of methoxy groups -OCH3 is 1. The minimum Gasteiger partial charge on any atom is -0.464 e. The fourth-order valence-electron chi connectivity index (χ4n) is 1.14. The molecule has 0 saturated carbocycles. The number of ether oxygens (including phenoxy) is 2. The lowest BCUT2D eigenvalue weighted by molar-refractivity contribution is -0.140. The van der Waals surface area contributed by atoms with Crippen LogP contribution in [0.5, 0.6) is 5.75 Å². The molecule has 0 fully saturated rings. The van der Waals surface area contributed by atoms with Gasteiger partial charge < -0.3 is 9.47 Å². The normalized spacial score (nSPS) is 11.6. The van der Waals surface area contributed by atoms with Crippen molar-refractivity contribution in [3.63, 3.8) is 0 Å². The van der Waals surface area contributed by atoms with E-state index in [1.807, 2.05) is 0 Å². The largest absolute Gasteiger partial charge is 0.464 e. The molecule has 90 valence electrons. The van der Waals surface area contributed by atoms with E-state index in [1.54, 1.807) is 0 Å². The molecule has 2 nitrogen and oxygen atoms in total. The van der Waals surface area contributed by atoms with Crippen LogP contribution in [-0.4, -0.2) is 13.9 Å². The SMILES string of the molecule is COCOc1c(C(F)(F)F)ccc(C)c1F. The second kappa shape index (κ2) is 4.69. The Bertz CT molecular complexity index is 374. The second-order valence-corrected chi connectivity index (χ2v) is 3.12. The Morgan fingerprint density at radius 2 is 1.88 bits per heavy atom. The fourth-order valence-corrected chi connectivity index (χ4v) is 1.14. The summed E-state index contributed by atoms with van der Waals surface area (Å²) < 4.78 is 60.0. The Labute approximate surface area is 89.8 Å². The maximum absolute atomic E-state index is 13.4. The lowest BCUT2D eigenvalue weighted by Gasteiger charge is -2.15. The van der Waals surface area contributed by atoms with Crippen molar-refractivity contribution in [3.8, 4) is 5.75 Å². The molecule has 0 aliphatic rings. The highest BCUT2D eigenvalue weighted by Crippen LogP contribution is 2.38. The molecule has 0 N–H and O–H groups in total. The molecule has 0 bridgehead atoms. The summed E-state index contributed by atoms with van der Waals surface area (Å²) in [5, 5.41) is 0. The molecule has 1 rings (SSSR count).